The lowest BCUT2D eigenvalue weighted by Gasteiger charge is -2.33. The Morgan fingerprint density at radius 2 is 2.00 bits per heavy atom. The van der Waals surface area contributed by atoms with Gasteiger partial charge in [-0.25, -0.2) is 0 Å². The summed E-state index contributed by atoms with van der Waals surface area (Å²) in [6, 6.07) is -0.302. The maximum absolute atomic E-state index is 12.0. The van der Waals surface area contributed by atoms with Gasteiger partial charge in [0.25, 0.3) is 0 Å². The van der Waals surface area contributed by atoms with Crippen LogP contribution >= 0.6 is 0 Å². The first kappa shape index (κ1) is 12.5. The van der Waals surface area contributed by atoms with Crippen molar-refractivity contribution in [1.29, 1.82) is 0 Å². The van der Waals surface area contributed by atoms with Crippen LogP contribution in [0.1, 0.15) is 40.0 Å². The molecule has 0 bridgehead atoms. The molecule has 2 N–H and O–H groups in total. The Morgan fingerprint density at radius 1 is 1.47 bits per heavy atom. The smallest absolute Gasteiger partial charge is 0.239 e. The van der Waals surface area contributed by atoms with Crippen molar-refractivity contribution >= 4 is 5.91 Å². The largest absolute Gasteiger partial charge is 0.341 e. The number of amides is 1. The lowest BCUT2D eigenvalue weighted by molar-refractivity contribution is -0.135. The van der Waals surface area contributed by atoms with Crippen molar-refractivity contribution in [2.45, 2.75) is 46.1 Å². The predicted molar refractivity (Wildman–Crippen MR) is 62.4 cm³/mol. The highest BCUT2D eigenvalue weighted by Crippen LogP contribution is 2.18. The van der Waals surface area contributed by atoms with Crippen LogP contribution in [-0.4, -0.2) is 29.9 Å². The fourth-order valence-electron chi connectivity index (χ4n) is 1.94. The first-order chi connectivity index (χ1) is 7.06. The van der Waals surface area contributed by atoms with Crippen LogP contribution in [0.25, 0.3) is 0 Å². The lowest BCUT2D eigenvalue weighted by Crippen LogP contribution is -2.49. The number of likely N-dealkylation sites (tertiary alicyclic amines) is 1. The van der Waals surface area contributed by atoms with Gasteiger partial charge in [0, 0.05) is 13.1 Å². The van der Waals surface area contributed by atoms with Gasteiger partial charge in [-0.05, 0) is 24.7 Å². The highest BCUT2D eigenvalue weighted by molar-refractivity contribution is 5.82. The number of rotatable bonds is 3. The van der Waals surface area contributed by atoms with E-state index in [4.69, 9.17) is 5.73 Å². The quantitative estimate of drug-likeness (QED) is 0.772. The molecule has 1 rings (SSSR count). The van der Waals surface area contributed by atoms with Crippen LogP contribution in [0.2, 0.25) is 0 Å². The molecule has 0 unspecified atom stereocenters. The Kier molecular flexibility index (Phi) is 4.58. The Balaban J connectivity index is 2.46. The third kappa shape index (κ3) is 3.20. The van der Waals surface area contributed by atoms with Gasteiger partial charge in [-0.2, -0.15) is 0 Å². The molecule has 88 valence electrons. The number of piperidine rings is 1. The van der Waals surface area contributed by atoms with E-state index in [1.807, 2.05) is 4.90 Å². The van der Waals surface area contributed by atoms with Crippen molar-refractivity contribution < 1.29 is 4.79 Å². The molecule has 1 saturated heterocycles. The molecule has 0 spiro atoms. The van der Waals surface area contributed by atoms with Gasteiger partial charge in [-0.1, -0.05) is 27.2 Å². The van der Waals surface area contributed by atoms with Gasteiger partial charge in [0.05, 0.1) is 6.04 Å². The molecule has 0 aromatic heterocycles. The predicted octanol–water partition coefficient (Wildman–Crippen LogP) is 1.62. The Labute approximate surface area is 93.0 Å². The fraction of sp³-hybridized carbons (Fsp3) is 0.917. The number of nitrogens with zero attached hydrogens (tertiary/aromatic N) is 1. The highest BCUT2D eigenvalue weighted by atomic mass is 16.2. The molecule has 1 fully saturated rings. The Hall–Kier alpha value is -0.570. The summed E-state index contributed by atoms with van der Waals surface area (Å²) < 4.78 is 0. The first-order valence-electron chi connectivity index (χ1n) is 6.10. The standard InChI is InChI=1S/C12H24N2O/c1-4-10(3)11(13)12(15)14-7-5-9(2)6-8-14/h9-11H,4-8,13H2,1-3H3/t10-,11-/m1/s1. The topological polar surface area (TPSA) is 46.3 Å². The van der Waals surface area contributed by atoms with Crippen LogP contribution in [0.3, 0.4) is 0 Å². The molecule has 0 aliphatic carbocycles. The molecule has 0 aromatic carbocycles. The van der Waals surface area contributed by atoms with Crippen LogP contribution in [0.4, 0.5) is 0 Å². The van der Waals surface area contributed by atoms with Crippen LogP contribution in [0.15, 0.2) is 0 Å². The van der Waals surface area contributed by atoms with Crippen molar-refractivity contribution in [3.8, 4) is 0 Å². The van der Waals surface area contributed by atoms with E-state index in [9.17, 15) is 4.79 Å². The van der Waals surface area contributed by atoms with Gasteiger partial charge >= 0.3 is 0 Å². The average molecular weight is 212 g/mol. The zero-order valence-corrected chi connectivity index (χ0v) is 10.2. The van der Waals surface area contributed by atoms with E-state index in [2.05, 4.69) is 20.8 Å². The lowest BCUT2D eigenvalue weighted by atomic mass is 9.95. The summed E-state index contributed by atoms with van der Waals surface area (Å²) in [6.07, 6.45) is 3.22. The van der Waals surface area contributed by atoms with Crippen molar-refractivity contribution in [1.82, 2.24) is 4.90 Å². The SMILES string of the molecule is CC[C@@H](C)[C@@H](N)C(=O)N1CCC(C)CC1. The zero-order valence-electron chi connectivity index (χ0n) is 10.2. The van der Waals surface area contributed by atoms with E-state index in [0.717, 1.165) is 38.3 Å². The van der Waals surface area contributed by atoms with Crippen molar-refractivity contribution in [3.05, 3.63) is 0 Å². The fourth-order valence-corrected chi connectivity index (χ4v) is 1.94. The maximum atomic E-state index is 12.0. The van der Waals surface area contributed by atoms with Crippen LogP contribution < -0.4 is 5.73 Å². The molecule has 2 atom stereocenters. The third-order valence-electron chi connectivity index (χ3n) is 3.64. The molecule has 1 heterocycles. The van der Waals surface area contributed by atoms with Crippen LogP contribution in [0.5, 0.6) is 0 Å². The molecule has 1 aliphatic rings. The summed E-state index contributed by atoms with van der Waals surface area (Å²) in [5.74, 6) is 1.20. The van der Waals surface area contributed by atoms with Crippen molar-refractivity contribution in [2.75, 3.05) is 13.1 Å². The number of nitrogens with two attached hydrogens (primary N) is 1. The highest BCUT2D eigenvalue weighted by Gasteiger charge is 2.27. The van der Waals surface area contributed by atoms with Gasteiger partial charge in [-0.3, -0.25) is 4.79 Å². The van der Waals surface area contributed by atoms with Crippen LogP contribution in [0, 0.1) is 11.8 Å². The third-order valence-corrected chi connectivity index (χ3v) is 3.64. The minimum absolute atomic E-state index is 0.149. The Morgan fingerprint density at radius 3 is 2.47 bits per heavy atom. The number of carbonyl (C=O) groups excluding carboxylic acids is 1. The van der Waals surface area contributed by atoms with Gasteiger partial charge in [0.1, 0.15) is 0 Å². The van der Waals surface area contributed by atoms with Crippen molar-refractivity contribution in [3.63, 3.8) is 0 Å². The van der Waals surface area contributed by atoms with Gasteiger partial charge < -0.3 is 10.6 Å². The monoisotopic (exact) mass is 212 g/mol. The number of hydrogen-bond acceptors (Lipinski definition) is 2. The molecule has 0 radical (unpaired) electrons. The Bertz CT molecular complexity index is 210. The van der Waals surface area contributed by atoms with Crippen LogP contribution in [-0.2, 0) is 4.79 Å². The zero-order chi connectivity index (χ0) is 11.4. The number of hydrogen-bond donors (Lipinski definition) is 1. The summed E-state index contributed by atoms with van der Waals surface area (Å²) in [7, 11) is 0. The normalized spacial score (nSPS) is 22.5. The molecule has 1 amide bonds. The minimum atomic E-state index is -0.302. The van der Waals surface area contributed by atoms with E-state index in [1.165, 1.54) is 0 Å². The van der Waals surface area contributed by atoms with E-state index < -0.39 is 0 Å². The molecule has 1 aliphatic heterocycles. The van der Waals surface area contributed by atoms with Gasteiger partial charge in [0.2, 0.25) is 5.91 Å². The summed E-state index contributed by atoms with van der Waals surface area (Å²) >= 11 is 0. The maximum Gasteiger partial charge on any atom is 0.239 e. The summed E-state index contributed by atoms with van der Waals surface area (Å²) in [5.41, 5.74) is 5.95. The van der Waals surface area contributed by atoms with Gasteiger partial charge in [0.15, 0.2) is 0 Å². The molecule has 3 heteroatoms. The molecular formula is C12H24N2O. The van der Waals surface area contributed by atoms with E-state index in [1.54, 1.807) is 0 Å². The molecule has 0 saturated carbocycles. The van der Waals surface area contributed by atoms with E-state index in [-0.39, 0.29) is 17.9 Å². The molecule has 0 aromatic rings. The second-order valence-electron chi connectivity index (χ2n) is 4.92. The first-order valence-corrected chi connectivity index (χ1v) is 6.10. The minimum Gasteiger partial charge on any atom is -0.341 e. The second kappa shape index (κ2) is 5.50. The second-order valence-corrected chi connectivity index (χ2v) is 4.92. The van der Waals surface area contributed by atoms with Crippen molar-refractivity contribution in [2.24, 2.45) is 17.6 Å². The summed E-state index contributed by atoms with van der Waals surface area (Å²) in [5, 5.41) is 0. The molecular weight excluding hydrogens is 188 g/mol. The number of carbonyl (C=O) groups is 1. The molecule has 3 nitrogen and oxygen atoms in total. The average Bonchev–Trinajstić information content (AvgIpc) is 2.27. The van der Waals surface area contributed by atoms with E-state index >= 15 is 0 Å². The summed E-state index contributed by atoms with van der Waals surface area (Å²) in [4.78, 5) is 13.9. The summed E-state index contributed by atoms with van der Waals surface area (Å²) in [6.45, 7) is 8.16. The van der Waals surface area contributed by atoms with E-state index in [0.29, 0.717) is 0 Å². The van der Waals surface area contributed by atoms with Gasteiger partial charge in [-0.15, -0.1) is 0 Å². The molecule has 15 heavy (non-hydrogen) atoms.